The predicted octanol–water partition coefficient (Wildman–Crippen LogP) is 1.87. The van der Waals surface area contributed by atoms with E-state index in [0.29, 0.717) is 11.6 Å². The molecule has 2 rings (SSSR count). The first-order chi connectivity index (χ1) is 10.0. The summed E-state index contributed by atoms with van der Waals surface area (Å²) >= 11 is 0. The zero-order valence-electron chi connectivity index (χ0n) is 12.3. The number of nitrogens with two attached hydrogens (primary N) is 1. The molecule has 0 spiro atoms. The third kappa shape index (κ3) is 3.68. The fourth-order valence-electron chi connectivity index (χ4n) is 1.90. The van der Waals surface area contributed by atoms with Gasteiger partial charge in [-0.3, -0.25) is 4.79 Å². The molecule has 6 heteroatoms. The van der Waals surface area contributed by atoms with Gasteiger partial charge in [-0.1, -0.05) is 6.07 Å². The summed E-state index contributed by atoms with van der Waals surface area (Å²) in [6, 6.07) is 4.82. The smallest absolute Gasteiger partial charge is 0.243 e. The van der Waals surface area contributed by atoms with Gasteiger partial charge in [-0.15, -0.1) is 0 Å². The first-order valence-corrected chi connectivity index (χ1v) is 6.60. The highest BCUT2D eigenvalue weighted by atomic mass is 16.5. The summed E-state index contributed by atoms with van der Waals surface area (Å²) in [6.45, 7) is 3.98. The molecule has 1 aromatic heterocycles. The van der Waals surface area contributed by atoms with Crippen LogP contribution in [0.1, 0.15) is 11.3 Å². The number of aryl methyl sites for hydroxylation is 2. The van der Waals surface area contributed by atoms with Crippen LogP contribution in [0.5, 0.6) is 0 Å². The van der Waals surface area contributed by atoms with Crippen molar-refractivity contribution in [3.63, 3.8) is 0 Å². The third-order valence-electron chi connectivity index (χ3n) is 3.04. The van der Waals surface area contributed by atoms with Gasteiger partial charge in [0.2, 0.25) is 11.8 Å². The Balaban J connectivity index is 2.21. The van der Waals surface area contributed by atoms with E-state index in [-0.39, 0.29) is 12.5 Å². The molecular formula is C15H19N3O3. The average molecular weight is 289 g/mol. The summed E-state index contributed by atoms with van der Waals surface area (Å²) < 4.78 is 10.3. The maximum atomic E-state index is 11.9. The topological polar surface area (TPSA) is 90.4 Å². The van der Waals surface area contributed by atoms with E-state index < -0.39 is 6.04 Å². The van der Waals surface area contributed by atoms with E-state index in [1.165, 1.54) is 7.11 Å². The molecular weight excluding hydrogens is 270 g/mol. The van der Waals surface area contributed by atoms with Crippen molar-refractivity contribution in [3.05, 3.63) is 35.7 Å². The van der Waals surface area contributed by atoms with E-state index in [4.69, 9.17) is 14.9 Å². The fourth-order valence-corrected chi connectivity index (χ4v) is 1.90. The first-order valence-electron chi connectivity index (χ1n) is 6.60. The molecule has 0 aliphatic rings. The largest absolute Gasteiger partial charge is 0.444 e. The SMILES string of the molecule is COCC(N)C(=O)Nc1ccc(C)c(-c2nc(C)co2)c1. The lowest BCUT2D eigenvalue weighted by Crippen LogP contribution is -2.39. The highest BCUT2D eigenvalue weighted by Crippen LogP contribution is 2.26. The monoisotopic (exact) mass is 289 g/mol. The van der Waals surface area contributed by atoms with Gasteiger partial charge in [0.25, 0.3) is 0 Å². The Bertz CT molecular complexity index is 637. The third-order valence-corrected chi connectivity index (χ3v) is 3.04. The summed E-state index contributed by atoms with van der Waals surface area (Å²) in [5.74, 6) is 0.234. The van der Waals surface area contributed by atoms with Crippen LogP contribution in [0.25, 0.3) is 11.5 Å². The van der Waals surface area contributed by atoms with Crippen LogP contribution in [0.4, 0.5) is 5.69 Å². The number of ether oxygens (including phenoxy) is 1. The van der Waals surface area contributed by atoms with Crippen LogP contribution in [0.15, 0.2) is 28.9 Å². The fraction of sp³-hybridized carbons (Fsp3) is 0.333. The summed E-state index contributed by atoms with van der Waals surface area (Å²) in [7, 11) is 1.50. The van der Waals surface area contributed by atoms with Crippen LogP contribution in [0.3, 0.4) is 0 Å². The van der Waals surface area contributed by atoms with E-state index in [9.17, 15) is 4.79 Å². The molecule has 21 heavy (non-hydrogen) atoms. The number of carbonyl (C=O) groups excluding carboxylic acids is 1. The maximum Gasteiger partial charge on any atom is 0.243 e. The maximum absolute atomic E-state index is 11.9. The summed E-state index contributed by atoms with van der Waals surface area (Å²) in [5.41, 5.74) is 8.98. The van der Waals surface area contributed by atoms with Crippen LogP contribution in [-0.2, 0) is 9.53 Å². The highest BCUT2D eigenvalue weighted by Gasteiger charge is 2.15. The van der Waals surface area contributed by atoms with Gasteiger partial charge in [0, 0.05) is 18.4 Å². The van der Waals surface area contributed by atoms with Gasteiger partial charge in [0.1, 0.15) is 12.3 Å². The number of nitrogens with one attached hydrogen (secondary N) is 1. The van der Waals surface area contributed by atoms with E-state index in [1.807, 2.05) is 32.0 Å². The number of benzene rings is 1. The molecule has 1 aromatic carbocycles. The quantitative estimate of drug-likeness (QED) is 0.877. The molecule has 0 aliphatic carbocycles. The van der Waals surface area contributed by atoms with E-state index >= 15 is 0 Å². The first kappa shape index (κ1) is 15.2. The number of carbonyl (C=O) groups is 1. The van der Waals surface area contributed by atoms with Gasteiger partial charge in [-0.2, -0.15) is 0 Å². The average Bonchev–Trinajstić information content (AvgIpc) is 2.87. The van der Waals surface area contributed by atoms with Gasteiger partial charge in [0.15, 0.2) is 0 Å². The van der Waals surface area contributed by atoms with Crippen molar-refractivity contribution >= 4 is 11.6 Å². The molecule has 1 unspecified atom stereocenters. The van der Waals surface area contributed by atoms with Crippen LogP contribution in [0, 0.1) is 13.8 Å². The number of hydrogen-bond acceptors (Lipinski definition) is 5. The van der Waals surface area contributed by atoms with Crippen molar-refractivity contribution < 1.29 is 13.9 Å². The molecule has 3 N–H and O–H groups in total. The van der Waals surface area contributed by atoms with E-state index in [1.54, 1.807) is 6.26 Å². The summed E-state index contributed by atoms with van der Waals surface area (Å²) in [4.78, 5) is 16.2. The minimum atomic E-state index is -0.705. The van der Waals surface area contributed by atoms with Crippen molar-refractivity contribution in [3.8, 4) is 11.5 Å². The number of anilines is 1. The van der Waals surface area contributed by atoms with Gasteiger partial charge < -0.3 is 20.2 Å². The number of rotatable bonds is 5. The zero-order chi connectivity index (χ0) is 15.4. The molecule has 0 aliphatic heterocycles. The van der Waals surface area contributed by atoms with Crippen molar-refractivity contribution in [2.75, 3.05) is 19.0 Å². The minimum Gasteiger partial charge on any atom is -0.444 e. The van der Waals surface area contributed by atoms with E-state index in [0.717, 1.165) is 16.8 Å². The van der Waals surface area contributed by atoms with Crippen LogP contribution in [0.2, 0.25) is 0 Å². The Kier molecular flexibility index (Phi) is 4.72. The Hall–Kier alpha value is -2.18. The highest BCUT2D eigenvalue weighted by molar-refractivity contribution is 5.95. The second-order valence-corrected chi connectivity index (χ2v) is 4.87. The standard InChI is InChI=1S/C15H19N3O3/c1-9-4-5-11(18-14(19)13(16)8-20-3)6-12(9)15-17-10(2)7-21-15/h4-7,13H,8,16H2,1-3H3,(H,18,19). The second-order valence-electron chi connectivity index (χ2n) is 4.87. The zero-order valence-corrected chi connectivity index (χ0v) is 12.3. The normalized spacial score (nSPS) is 12.2. The van der Waals surface area contributed by atoms with Crippen molar-refractivity contribution in [1.29, 1.82) is 0 Å². The molecule has 0 radical (unpaired) electrons. The van der Waals surface area contributed by atoms with Crippen LogP contribution < -0.4 is 11.1 Å². The molecule has 0 bridgehead atoms. The minimum absolute atomic E-state index is 0.170. The molecule has 1 atom stereocenters. The molecule has 1 amide bonds. The predicted molar refractivity (Wildman–Crippen MR) is 79.9 cm³/mol. The molecule has 112 valence electrons. The Morgan fingerprint density at radius 3 is 2.86 bits per heavy atom. The summed E-state index contributed by atoms with van der Waals surface area (Å²) in [5, 5.41) is 2.76. The second kappa shape index (κ2) is 6.51. The number of nitrogens with zero attached hydrogens (tertiary/aromatic N) is 1. The van der Waals surface area contributed by atoms with E-state index in [2.05, 4.69) is 10.3 Å². The van der Waals surface area contributed by atoms with Crippen LogP contribution in [-0.4, -0.2) is 30.6 Å². The number of methoxy groups -OCH3 is 1. The summed E-state index contributed by atoms with van der Waals surface area (Å²) in [6.07, 6.45) is 1.59. The van der Waals surface area contributed by atoms with Crippen molar-refractivity contribution in [2.45, 2.75) is 19.9 Å². The molecule has 6 nitrogen and oxygen atoms in total. The van der Waals surface area contributed by atoms with Crippen LogP contribution >= 0.6 is 0 Å². The lowest BCUT2D eigenvalue weighted by molar-refractivity contribution is -0.118. The number of amides is 1. The van der Waals surface area contributed by atoms with Gasteiger partial charge >= 0.3 is 0 Å². The number of hydrogen-bond donors (Lipinski definition) is 2. The lowest BCUT2D eigenvalue weighted by atomic mass is 10.1. The van der Waals surface area contributed by atoms with Gasteiger partial charge in [-0.25, -0.2) is 4.98 Å². The Labute approximate surface area is 123 Å². The lowest BCUT2D eigenvalue weighted by Gasteiger charge is -2.12. The Morgan fingerprint density at radius 1 is 1.48 bits per heavy atom. The van der Waals surface area contributed by atoms with Gasteiger partial charge in [-0.05, 0) is 31.5 Å². The number of aromatic nitrogens is 1. The Morgan fingerprint density at radius 2 is 2.24 bits per heavy atom. The molecule has 2 aromatic rings. The molecule has 0 fully saturated rings. The molecule has 0 saturated carbocycles. The van der Waals surface area contributed by atoms with Crippen molar-refractivity contribution in [2.24, 2.45) is 5.73 Å². The number of oxazole rings is 1. The molecule has 0 saturated heterocycles. The van der Waals surface area contributed by atoms with Crippen molar-refractivity contribution in [1.82, 2.24) is 4.98 Å². The molecule has 1 heterocycles. The van der Waals surface area contributed by atoms with Gasteiger partial charge in [0.05, 0.1) is 12.3 Å².